The van der Waals surface area contributed by atoms with Crippen LogP contribution in [-0.2, 0) is 0 Å². The van der Waals surface area contributed by atoms with Crippen molar-refractivity contribution in [3.05, 3.63) is 85.5 Å². The molecule has 0 amide bonds. The van der Waals surface area contributed by atoms with E-state index < -0.39 is 0 Å². The zero-order valence-corrected chi connectivity index (χ0v) is 16.1. The average molecular weight is 408 g/mol. The van der Waals surface area contributed by atoms with Crippen LogP contribution in [0.4, 0.5) is 5.69 Å². The van der Waals surface area contributed by atoms with Crippen LogP contribution in [0.15, 0.2) is 65.1 Å². The van der Waals surface area contributed by atoms with Crippen LogP contribution < -0.4 is 5.01 Å². The Bertz CT molecular complexity index is 920. The summed E-state index contributed by atoms with van der Waals surface area (Å²) in [5.41, 5.74) is 3.06. The highest BCUT2D eigenvalue weighted by molar-refractivity contribution is 7.12. The van der Waals surface area contributed by atoms with Crippen molar-refractivity contribution < 1.29 is 0 Å². The molecule has 1 aliphatic heterocycles. The predicted molar refractivity (Wildman–Crippen MR) is 109 cm³/mol. The van der Waals surface area contributed by atoms with Crippen molar-refractivity contribution in [1.82, 2.24) is 0 Å². The van der Waals surface area contributed by atoms with Crippen molar-refractivity contribution in [3.63, 3.8) is 0 Å². The highest BCUT2D eigenvalue weighted by atomic mass is 35.5. The lowest BCUT2D eigenvalue weighted by Gasteiger charge is -2.17. The third-order valence-electron chi connectivity index (χ3n) is 4.15. The monoisotopic (exact) mass is 406 g/mol. The van der Waals surface area contributed by atoms with E-state index in [0.717, 1.165) is 28.4 Å². The number of nitrogens with zero attached hydrogens (tertiary/aromatic N) is 2. The van der Waals surface area contributed by atoms with Crippen LogP contribution in [0.25, 0.3) is 0 Å². The second-order valence-electron chi connectivity index (χ2n) is 5.74. The Balaban J connectivity index is 1.76. The molecule has 0 radical (unpaired) electrons. The van der Waals surface area contributed by atoms with Crippen molar-refractivity contribution in [3.8, 4) is 0 Å². The summed E-state index contributed by atoms with van der Waals surface area (Å²) in [4.78, 5) is 1.15. The van der Waals surface area contributed by atoms with Crippen LogP contribution in [0.1, 0.15) is 16.4 Å². The van der Waals surface area contributed by atoms with Crippen LogP contribution in [0.3, 0.4) is 0 Å². The Labute approximate surface area is 165 Å². The fourth-order valence-corrected chi connectivity index (χ4v) is 4.38. The second kappa shape index (κ2) is 7.00. The molecule has 25 heavy (non-hydrogen) atoms. The lowest BCUT2D eigenvalue weighted by Crippen LogP contribution is -2.18. The summed E-state index contributed by atoms with van der Waals surface area (Å²) >= 11 is 20.2. The smallest absolute Gasteiger partial charge is 0.0875 e. The first kappa shape index (κ1) is 16.9. The van der Waals surface area contributed by atoms with Gasteiger partial charge in [0.25, 0.3) is 0 Å². The molecular formula is C19H13Cl3N2S. The molecule has 1 unspecified atom stereocenters. The third-order valence-corrected chi connectivity index (χ3v) is 5.86. The van der Waals surface area contributed by atoms with Crippen molar-refractivity contribution in [2.45, 2.75) is 5.92 Å². The van der Waals surface area contributed by atoms with Gasteiger partial charge >= 0.3 is 0 Å². The van der Waals surface area contributed by atoms with Crippen molar-refractivity contribution >= 4 is 57.5 Å². The molecule has 3 aromatic rings. The standard InChI is InChI=1S/C19H13Cl3N2S/c20-12-3-6-14(7-4-12)24-11-16(15-8-5-13(21)10-17(15)22)19(23-24)18-2-1-9-25-18/h1-10,16H,11H2. The van der Waals surface area contributed by atoms with Crippen LogP contribution in [0.5, 0.6) is 0 Å². The van der Waals surface area contributed by atoms with Crippen molar-refractivity contribution in [1.29, 1.82) is 0 Å². The molecule has 1 aliphatic rings. The van der Waals surface area contributed by atoms with Gasteiger partial charge in [0, 0.05) is 15.1 Å². The van der Waals surface area contributed by atoms with Gasteiger partial charge in [-0.2, -0.15) is 5.10 Å². The molecule has 2 heterocycles. The fourth-order valence-electron chi connectivity index (χ4n) is 2.95. The third kappa shape index (κ3) is 3.42. The molecule has 0 N–H and O–H groups in total. The molecule has 6 heteroatoms. The predicted octanol–water partition coefficient (Wildman–Crippen LogP) is 6.72. The zero-order valence-electron chi connectivity index (χ0n) is 13.0. The largest absolute Gasteiger partial charge is 0.264 e. The Morgan fingerprint density at radius 2 is 1.72 bits per heavy atom. The Morgan fingerprint density at radius 3 is 2.40 bits per heavy atom. The van der Waals surface area contributed by atoms with Gasteiger partial charge in [0.15, 0.2) is 0 Å². The lowest BCUT2D eigenvalue weighted by molar-refractivity contribution is 0.851. The maximum absolute atomic E-state index is 6.48. The van der Waals surface area contributed by atoms with Gasteiger partial charge in [-0.1, -0.05) is 46.9 Å². The van der Waals surface area contributed by atoms with Gasteiger partial charge in [0.1, 0.15) is 0 Å². The van der Waals surface area contributed by atoms with Crippen LogP contribution in [-0.4, -0.2) is 12.3 Å². The molecular weight excluding hydrogens is 395 g/mol. The van der Waals surface area contributed by atoms with Crippen LogP contribution >= 0.6 is 46.1 Å². The van der Waals surface area contributed by atoms with E-state index in [1.807, 2.05) is 47.5 Å². The molecule has 0 saturated carbocycles. The Morgan fingerprint density at radius 1 is 0.960 bits per heavy atom. The number of anilines is 1. The summed E-state index contributed by atoms with van der Waals surface area (Å²) in [5, 5.41) is 10.9. The van der Waals surface area contributed by atoms with Crippen molar-refractivity contribution in [2.75, 3.05) is 11.6 Å². The van der Waals surface area contributed by atoms with E-state index in [2.05, 4.69) is 11.4 Å². The summed E-state index contributed by atoms with van der Waals surface area (Å²) in [6.07, 6.45) is 0. The van der Waals surface area contributed by atoms with Gasteiger partial charge in [-0.05, 0) is 53.4 Å². The molecule has 4 rings (SSSR count). The number of hydrogen-bond donors (Lipinski definition) is 0. The molecule has 0 bridgehead atoms. The van der Waals surface area contributed by atoms with Crippen LogP contribution in [0, 0.1) is 0 Å². The molecule has 0 spiro atoms. The second-order valence-corrected chi connectivity index (χ2v) is 7.97. The highest BCUT2D eigenvalue weighted by Gasteiger charge is 2.31. The SMILES string of the molecule is Clc1ccc(N2CC(c3ccc(Cl)cc3Cl)C(c3cccs3)=N2)cc1. The van der Waals surface area contributed by atoms with Gasteiger partial charge in [-0.15, -0.1) is 11.3 Å². The van der Waals surface area contributed by atoms with Gasteiger partial charge in [-0.3, -0.25) is 5.01 Å². The molecule has 1 aromatic heterocycles. The molecule has 126 valence electrons. The number of rotatable bonds is 3. The van der Waals surface area contributed by atoms with E-state index in [1.165, 1.54) is 0 Å². The fraction of sp³-hybridized carbons (Fsp3) is 0.105. The zero-order chi connectivity index (χ0) is 17.4. The van der Waals surface area contributed by atoms with E-state index in [0.29, 0.717) is 15.1 Å². The summed E-state index contributed by atoms with van der Waals surface area (Å²) in [6.45, 7) is 0.718. The van der Waals surface area contributed by atoms with Gasteiger partial charge in [-0.25, -0.2) is 0 Å². The van der Waals surface area contributed by atoms with Crippen LogP contribution in [0.2, 0.25) is 15.1 Å². The number of halogens is 3. The summed E-state index contributed by atoms with van der Waals surface area (Å²) in [6, 6.07) is 17.5. The van der Waals surface area contributed by atoms with E-state index in [4.69, 9.17) is 39.9 Å². The van der Waals surface area contributed by atoms with E-state index >= 15 is 0 Å². The first-order valence-corrected chi connectivity index (χ1v) is 9.73. The average Bonchev–Trinajstić information content (AvgIpc) is 3.24. The minimum atomic E-state index is 0.0825. The quantitative estimate of drug-likeness (QED) is 0.470. The molecule has 0 aliphatic carbocycles. The Kier molecular flexibility index (Phi) is 4.74. The minimum absolute atomic E-state index is 0.0825. The maximum atomic E-state index is 6.48. The summed E-state index contributed by atoms with van der Waals surface area (Å²) in [5.74, 6) is 0.0825. The van der Waals surface area contributed by atoms with Gasteiger partial charge in [0.05, 0.1) is 28.7 Å². The summed E-state index contributed by atoms with van der Waals surface area (Å²) < 4.78 is 0. The van der Waals surface area contributed by atoms with E-state index in [-0.39, 0.29) is 5.92 Å². The Hall–Kier alpha value is -1.52. The number of benzene rings is 2. The molecule has 2 aromatic carbocycles. The number of hydrazone groups is 1. The van der Waals surface area contributed by atoms with E-state index in [9.17, 15) is 0 Å². The van der Waals surface area contributed by atoms with Gasteiger partial charge < -0.3 is 0 Å². The van der Waals surface area contributed by atoms with Crippen molar-refractivity contribution in [2.24, 2.45) is 5.10 Å². The topological polar surface area (TPSA) is 15.6 Å². The summed E-state index contributed by atoms with van der Waals surface area (Å²) in [7, 11) is 0. The molecule has 0 saturated heterocycles. The normalized spacial score (nSPS) is 17.0. The molecule has 2 nitrogen and oxygen atoms in total. The molecule has 1 atom stereocenters. The maximum Gasteiger partial charge on any atom is 0.0875 e. The first-order chi connectivity index (χ1) is 12.1. The van der Waals surface area contributed by atoms with Gasteiger partial charge in [0.2, 0.25) is 0 Å². The minimum Gasteiger partial charge on any atom is -0.264 e. The molecule has 0 fully saturated rings. The number of hydrogen-bond acceptors (Lipinski definition) is 3. The van der Waals surface area contributed by atoms with E-state index in [1.54, 1.807) is 17.4 Å². The highest BCUT2D eigenvalue weighted by Crippen LogP contribution is 2.37. The first-order valence-electron chi connectivity index (χ1n) is 7.72. The lowest BCUT2D eigenvalue weighted by atomic mass is 9.93. The number of thiophene rings is 1.